The Morgan fingerprint density at radius 3 is 1.82 bits per heavy atom. The summed E-state index contributed by atoms with van der Waals surface area (Å²) < 4.78 is 27.4. The molecule has 0 rings (SSSR count). The molecule has 0 aliphatic carbocycles. The van der Waals surface area contributed by atoms with E-state index in [4.69, 9.17) is 24.0 Å². The first kappa shape index (κ1) is 29.8. The molecule has 0 saturated heterocycles. The molecule has 0 aliphatic heterocycles. The van der Waals surface area contributed by atoms with Gasteiger partial charge in [-0.3, -0.25) is 0 Å². The van der Waals surface area contributed by atoms with E-state index in [2.05, 4.69) is 20.0 Å². The van der Waals surface area contributed by atoms with Crippen molar-refractivity contribution in [1.82, 2.24) is 0 Å². The van der Waals surface area contributed by atoms with Crippen LogP contribution in [0.15, 0.2) is 0 Å². The smallest absolute Gasteiger partial charge is 0 e. The maximum atomic E-state index is 8.09. The molecule has 0 saturated carbocycles. The number of ether oxygens (including phenoxy) is 1. The zero-order valence-corrected chi connectivity index (χ0v) is 10.4. The largest absolute Gasteiger partial charge is 0 e. The molecule has 0 unspecified atom stereocenters. The van der Waals surface area contributed by atoms with E-state index >= 15 is 0 Å². The normalized spacial score (nSPS) is 7.71. The predicted octanol–water partition coefficient (Wildman–Crippen LogP) is 1.25. The van der Waals surface area contributed by atoms with Crippen molar-refractivity contribution in [3.8, 4) is 6.07 Å². The fraction of sp³-hybridized carbons (Fsp3) is 0.273. The number of unbranched alkanes of at least 4 members (excludes halogenated alkanes) is 2. The van der Waals surface area contributed by atoms with Crippen molar-refractivity contribution in [1.29, 1.82) is 5.26 Å². The van der Waals surface area contributed by atoms with Crippen molar-refractivity contribution >= 4 is 0 Å². The zero-order chi connectivity index (χ0) is 13.8. The molecule has 4 radical (unpaired) electrons. The van der Waals surface area contributed by atoms with Gasteiger partial charge in [0.2, 0.25) is 0 Å². The minimum Gasteiger partial charge on any atom is 0 e. The van der Waals surface area contributed by atoms with Crippen LogP contribution in [-0.2, 0) is 35.8 Å². The van der Waals surface area contributed by atoms with Gasteiger partial charge in [0.05, 0.1) is 18.6 Å². The summed E-state index contributed by atoms with van der Waals surface area (Å²) in [5.41, 5.74) is 0. The molecular formula is C11H11FeNO4. The summed E-state index contributed by atoms with van der Waals surface area (Å²) in [5, 5.41) is 8.09. The van der Waals surface area contributed by atoms with Gasteiger partial charge in [-0.05, 0) is 26.2 Å². The molecule has 17 heavy (non-hydrogen) atoms. The Morgan fingerprint density at radius 2 is 1.53 bits per heavy atom. The van der Waals surface area contributed by atoms with Crippen molar-refractivity contribution < 1.29 is 35.8 Å². The maximum Gasteiger partial charge on any atom is 0 e. The summed E-state index contributed by atoms with van der Waals surface area (Å²) in [6.45, 7) is 15.4. The Kier molecular flexibility index (Phi) is 80.0. The van der Waals surface area contributed by atoms with Crippen LogP contribution in [0.4, 0.5) is 0 Å². The summed E-state index contributed by atoms with van der Waals surface area (Å²) in [5.74, 6) is 0. The van der Waals surface area contributed by atoms with Gasteiger partial charge in [0.25, 0.3) is 0 Å². The van der Waals surface area contributed by atoms with Crippen molar-refractivity contribution in [2.75, 3.05) is 7.11 Å². The van der Waals surface area contributed by atoms with Crippen molar-refractivity contribution in [3.63, 3.8) is 0 Å². The third-order valence-corrected chi connectivity index (χ3v) is 1.04. The molecule has 0 spiro atoms. The number of nitriles is 1. The number of nitrogens with zero attached hydrogens (tertiary/aromatic N) is 1. The molecule has 6 heteroatoms. The van der Waals surface area contributed by atoms with E-state index in [1.807, 2.05) is 19.4 Å². The number of hydrogen-bond donors (Lipinski definition) is 0. The van der Waals surface area contributed by atoms with Crippen LogP contribution in [-0.4, -0.2) is 13.2 Å². The van der Waals surface area contributed by atoms with E-state index in [1.165, 1.54) is 6.42 Å². The van der Waals surface area contributed by atoms with E-state index in [1.54, 1.807) is 20.0 Å². The molecule has 0 aromatic rings. The Bertz CT molecular complexity index is 193. The molecule has 5 nitrogen and oxygen atoms in total. The van der Waals surface area contributed by atoms with Gasteiger partial charge in [0, 0.05) is 24.2 Å². The van der Waals surface area contributed by atoms with E-state index in [0.717, 1.165) is 0 Å². The monoisotopic (exact) mass is 277 g/mol. The first-order valence-corrected chi connectivity index (χ1v) is 3.68. The number of methoxy groups -OCH3 is 1. The van der Waals surface area contributed by atoms with Gasteiger partial charge in [0.15, 0.2) is 0 Å². The van der Waals surface area contributed by atoms with E-state index in [9.17, 15) is 0 Å². The maximum absolute atomic E-state index is 8.09. The average Bonchev–Trinajstić information content (AvgIpc) is 2.41. The molecule has 92 valence electrons. The summed E-state index contributed by atoms with van der Waals surface area (Å²) in [6.07, 6.45) is 6.86. The van der Waals surface area contributed by atoms with Crippen LogP contribution in [0.2, 0.25) is 0 Å². The van der Waals surface area contributed by atoms with Crippen molar-refractivity contribution in [2.24, 2.45) is 0 Å². The average molecular weight is 277 g/mol. The van der Waals surface area contributed by atoms with E-state index < -0.39 is 0 Å². The van der Waals surface area contributed by atoms with Gasteiger partial charge in [0.1, 0.15) is 0 Å². The molecule has 1 atom stereocenters. The Labute approximate surface area is 113 Å². The van der Waals surface area contributed by atoms with Crippen LogP contribution in [0, 0.1) is 57.0 Å². The SMILES string of the molecule is CO[C@@H](C)[CH][CH][CH][CH]C#N.[C-]#[O+].[C-]#[O+].[C-]#[O+].[Fe]. The minimum atomic E-state index is 0. The third-order valence-electron chi connectivity index (χ3n) is 1.04. The molecule has 0 fully saturated rings. The van der Waals surface area contributed by atoms with Gasteiger partial charge >= 0.3 is 33.9 Å². The van der Waals surface area contributed by atoms with E-state index in [0.29, 0.717) is 0 Å². The second-order valence-corrected chi connectivity index (χ2v) is 1.81. The second-order valence-electron chi connectivity index (χ2n) is 1.81. The topological polar surface area (TPSA) is 92.7 Å². The molecule has 0 aromatic carbocycles. The van der Waals surface area contributed by atoms with Crippen LogP contribution in [0.1, 0.15) is 6.92 Å². The van der Waals surface area contributed by atoms with Crippen molar-refractivity contribution in [2.45, 2.75) is 13.0 Å². The summed E-state index contributed by atoms with van der Waals surface area (Å²) in [4.78, 5) is 0. The first-order valence-electron chi connectivity index (χ1n) is 3.68. The van der Waals surface area contributed by atoms with Gasteiger partial charge in [-0.2, -0.15) is 5.26 Å². The zero-order valence-electron chi connectivity index (χ0n) is 9.32. The van der Waals surface area contributed by atoms with Crippen LogP contribution >= 0.6 is 0 Å². The molecular weight excluding hydrogens is 266 g/mol. The van der Waals surface area contributed by atoms with Crippen LogP contribution in [0.5, 0.6) is 0 Å². The number of rotatable bonds is 5. The summed E-state index contributed by atoms with van der Waals surface area (Å²) in [7, 11) is 1.64. The molecule has 0 aromatic heterocycles. The van der Waals surface area contributed by atoms with Crippen LogP contribution < -0.4 is 0 Å². The molecule has 0 N–H and O–H groups in total. The standard InChI is InChI=1S/C8H11NO.3CO.Fe/c1-8(10-2)6-4-3-5-7-9;3*1-2;/h3-6,8H,1-2H3;;;;/t8-;;;;/m0..../s1. The third kappa shape index (κ3) is 51.1. The van der Waals surface area contributed by atoms with Gasteiger partial charge in [-0.15, -0.1) is 0 Å². The van der Waals surface area contributed by atoms with E-state index in [-0.39, 0.29) is 23.2 Å². The van der Waals surface area contributed by atoms with Crippen LogP contribution in [0.25, 0.3) is 0 Å². The molecule has 0 aliphatic rings. The second kappa shape index (κ2) is 45.6. The summed E-state index contributed by atoms with van der Waals surface area (Å²) in [6, 6.07) is 1.89. The first-order chi connectivity index (χ1) is 7.81. The van der Waals surface area contributed by atoms with Crippen LogP contribution in [0.3, 0.4) is 0 Å². The Balaban J connectivity index is -0.0000000594. The molecule has 0 bridgehead atoms. The fourth-order valence-corrected chi connectivity index (χ4v) is 0.398. The fourth-order valence-electron chi connectivity index (χ4n) is 0.398. The number of hydrogen-bond acceptors (Lipinski definition) is 2. The van der Waals surface area contributed by atoms with Gasteiger partial charge in [-0.1, -0.05) is 0 Å². The quantitative estimate of drug-likeness (QED) is 0.327. The molecule has 0 heterocycles. The van der Waals surface area contributed by atoms with Gasteiger partial charge < -0.3 is 4.74 Å². The predicted molar refractivity (Wildman–Crippen MR) is 51.1 cm³/mol. The van der Waals surface area contributed by atoms with Crippen molar-refractivity contribution in [3.05, 3.63) is 45.6 Å². The molecule has 0 amide bonds. The van der Waals surface area contributed by atoms with Gasteiger partial charge in [-0.25, -0.2) is 0 Å². The Hall–Kier alpha value is -0.811. The summed E-state index contributed by atoms with van der Waals surface area (Å²) >= 11 is 0. The Morgan fingerprint density at radius 1 is 1.12 bits per heavy atom. The minimum absolute atomic E-state index is 0.